The van der Waals surface area contributed by atoms with Crippen molar-refractivity contribution in [3.8, 4) is 0 Å². The number of ether oxygens (including phenoxy) is 1. The van der Waals surface area contributed by atoms with Crippen molar-refractivity contribution in [1.82, 2.24) is 25.9 Å². The summed E-state index contributed by atoms with van der Waals surface area (Å²) in [5.74, 6) is -1.39. The van der Waals surface area contributed by atoms with Crippen molar-refractivity contribution < 1.29 is 14.6 Å². The topological polar surface area (TPSA) is 113 Å². The molecule has 3 N–H and O–H groups in total. The number of hydrogen-bond acceptors (Lipinski definition) is 6. The number of aromatic amines is 1. The van der Waals surface area contributed by atoms with Crippen LogP contribution in [0.4, 0.5) is 0 Å². The van der Waals surface area contributed by atoms with Gasteiger partial charge in [-0.3, -0.25) is 4.79 Å². The van der Waals surface area contributed by atoms with Crippen LogP contribution < -0.4 is 5.32 Å². The van der Waals surface area contributed by atoms with E-state index in [1.165, 1.54) is 11.1 Å². The van der Waals surface area contributed by atoms with E-state index in [-0.39, 0.29) is 11.8 Å². The Labute approximate surface area is 157 Å². The largest absolute Gasteiger partial charge is 0.481 e. The smallest absolute Gasteiger partial charge is 0.307 e. The fraction of sp³-hybridized carbons (Fsp3) is 0.474. The molecule has 0 aliphatic carbocycles. The quantitative estimate of drug-likeness (QED) is 0.673. The summed E-state index contributed by atoms with van der Waals surface area (Å²) in [6, 6.07) is 8.31. The van der Waals surface area contributed by atoms with Gasteiger partial charge in [-0.25, -0.2) is 0 Å². The second-order valence-electron chi connectivity index (χ2n) is 7.13. The molecule has 1 saturated heterocycles. The van der Waals surface area contributed by atoms with E-state index in [4.69, 9.17) is 4.74 Å². The monoisotopic (exact) mass is 369 g/mol. The summed E-state index contributed by atoms with van der Waals surface area (Å²) in [7, 11) is 0. The van der Waals surface area contributed by atoms with E-state index in [1.54, 1.807) is 0 Å². The van der Waals surface area contributed by atoms with Crippen LogP contribution in [-0.2, 0) is 16.0 Å². The number of tetrazole rings is 1. The molecule has 0 amide bonds. The summed E-state index contributed by atoms with van der Waals surface area (Å²) in [4.78, 5) is 12.1. The molecular formula is C19H23N5O3. The summed E-state index contributed by atoms with van der Waals surface area (Å²) in [5, 5.41) is 27.5. The van der Waals surface area contributed by atoms with Gasteiger partial charge in [-0.2, -0.15) is 5.21 Å². The minimum absolute atomic E-state index is 0.0417. The van der Waals surface area contributed by atoms with Crippen LogP contribution in [0.1, 0.15) is 29.3 Å². The molecule has 27 heavy (non-hydrogen) atoms. The molecule has 0 bridgehead atoms. The van der Waals surface area contributed by atoms with Gasteiger partial charge in [-0.05, 0) is 35.5 Å². The maximum atomic E-state index is 12.1. The van der Waals surface area contributed by atoms with E-state index >= 15 is 0 Å². The normalized spacial score (nSPS) is 21.8. The molecule has 1 fully saturated rings. The van der Waals surface area contributed by atoms with E-state index in [0.717, 1.165) is 25.1 Å². The molecular weight excluding hydrogens is 346 g/mol. The molecule has 2 aliphatic heterocycles. The van der Waals surface area contributed by atoms with E-state index < -0.39 is 11.9 Å². The van der Waals surface area contributed by atoms with Crippen molar-refractivity contribution in [2.45, 2.75) is 18.8 Å². The first-order valence-electron chi connectivity index (χ1n) is 9.25. The number of nitrogens with one attached hydrogen (secondary N) is 2. The number of rotatable bonds is 7. The maximum Gasteiger partial charge on any atom is 0.307 e. The number of H-pyrrole nitrogens is 1. The summed E-state index contributed by atoms with van der Waals surface area (Å²) in [6.07, 6.45) is 3.48. The summed E-state index contributed by atoms with van der Waals surface area (Å²) in [6.45, 7) is 2.85. The van der Waals surface area contributed by atoms with Crippen LogP contribution in [0.2, 0.25) is 0 Å². The first kappa shape index (κ1) is 17.8. The zero-order chi connectivity index (χ0) is 18.6. The van der Waals surface area contributed by atoms with Gasteiger partial charge in [-0.1, -0.05) is 35.6 Å². The van der Waals surface area contributed by atoms with Crippen LogP contribution in [0.5, 0.6) is 0 Å². The van der Waals surface area contributed by atoms with Crippen LogP contribution in [0.15, 0.2) is 30.3 Å². The average molecular weight is 369 g/mol. The lowest BCUT2D eigenvalue weighted by molar-refractivity contribution is -0.144. The van der Waals surface area contributed by atoms with Gasteiger partial charge >= 0.3 is 5.97 Å². The zero-order valence-corrected chi connectivity index (χ0v) is 15.0. The molecule has 0 radical (unpaired) electrons. The lowest BCUT2D eigenvalue weighted by atomic mass is 9.77. The number of benzene rings is 1. The summed E-state index contributed by atoms with van der Waals surface area (Å²) >= 11 is 0. The van der Waals surface area contributed by atoms with Crippen molar-refractivity contribution in [2.75, 3.05) is 26.3 Å². The predicted octanol–water partition coefficient (Wildman–Crippen LogP) is 1.25. The molecule has 8 heteroatoms. The number of carboxylic acids is 1. The maximum absolute atomic E-state index is 12.1. The summed E-state index contributed by atoms with van der Waals surface area (Å²) in [5.41, 5.74) is 3.55. The molecule has 3 unspecified atom stereocenters. The van der Waals surface area contributed by atoms with Gasteiger partial charge in [0.1, 0.15) is 0 Å². The Balaban J connectivity index is 1.58. The van der Waals surface area contributed by atoms with Crippen molar-refractivity contribution in [2.24, 2.45) is 11.8 Å². The molecule has 3 heterocycles. The van der Waals surface area contributed by atoms with Gasteiger partial charge in [0.25, 0.3) is 0 Å². The van der Waals surface area contributed by atoms with Gasteiger partial charge in [0, 0.05) is 25.6 Å². The highest BCUT2D eigenvalue weighted by molar-refractivity contribution is 5.72. The zero-order valence-electron chi connectivity index (χ0n) is 15.0. The van der Waals surface area contributed by atoms with E-state index in [9.17, 15) is 9.90 Å². The molecule has 0 spiro atoms. The van der Waals surface area contributed by atoms with Crippen molar-refractivity contribution >= 4 is 11.5 Å². The minimum Gasteiger partial charge on any atom is -0.481 e. The standard InChI is InChI=1S/C19H23N5O3/c25-19(26)17(15-6-8-27-11-15)16(18-21-23-24-22-18)9-12-1-3-13(4-2-12)14-5-7-20-10-14/h1-5,15-17,20H,6-11H2,(H,25,26)(H,21,22,23,24). The Kier molecular flexibility index (Phi) is 5.26. The highest BCUT2D eigenvalue weighted by Crippen LogP contribution is 2.36. The number of carbonyl (C=O) groups is 1. The molecule has 3 atom stereocenters. The number of aromatic nitrogens is 4. The molecule has 1 aromatic carbocycles. The van der Waals surface area contributed by atoms with Crippen molar-refractivity contribution in [3.05, 3.63) is 47.3 Å². The van der Waals surface area contributed by atoms with E-state index in [0.29, 0.717) is 25.5 Å². The molecule has 8 nitrogen and oxygen atoms in total. The number of aliphatic carboxylic acids is 1. The fourth-order valence-electron chi connectivity index (χ4n) is 4.05. The van der Waals surface area contributed by atoms with Gasteiger partial charge < -0.3 is 15.2 Å². The van der Waals surface area contributed by atoms with Crippen LogP contribution in [0.25, 0.3) is 5.57 Å². The van der Waals surface area contributed by atoms with Crippen LogP contribution in [0.3, 0.4) is 0 Å². The predicted molar refractivity (Wildman–Crippen MR) is 98.0 cm³/mol. The van der Waals surface area contributed by atoms with Crippen molar-refractivity contribution in [1.29, 1.82) is 0 Å². The molecule has 2 aromatic rings. The Morgan fingerprint density at radius 2 is 2.19 bits per heavy atom. The second-order valence-corrected chi connectivity index (χ2v) is 7.13. The molecule has 1 aromatic heterocycles. The van der Waals surface area contributed by atoms with Gasteiger partial charge in [0.15, 0.2) is 5.82 Å². The Bertz CT molecular complexity index is 797. The average Bonchev–Trinajstić information content (AvgIpc) is 3.43. The van der Waals surface area contributed by atoms with Crippen LogP contribution in [-0.4, -0.2) is 58.0 Å². The highest BCUT2D eigenvalue weighted by atomic mass is 16.5. The van der Waals surface area contributed by atoms with Gasteiger partial charge in [-0.15, -0.1) is 10.2 Å². The lowest BCUT2D eigenvalue weighted by Gasteiger charge is -2.25. The summed E-state index contributed by atoms with van der Waals surface area (Å²) < 4.78 is 5.44. The molecule has 142 valence electrons. The van der Waals surface area contributed by atoms with Crippen LogP contribution >= 0.6 is 0 Å². The number of carboxylic acid groups (broad SMARTS) is 1. The SMILES string of the molecule is O=C(O)C(C1CCOC1)C(Cc1ccc(C2=CCNC2)cc1)c1nn[nH]n1. The third-order valence-electron chi connectivity index (χ3n) is 5.47. The van der Waals surface area contributed by atoms with E-state index in [1.807, 2.05) is 0 Å². The number of nitrogens with zero attached hydrogens (tertiary/aromatic N) is 3. The Morgan fingerprint density at radius 1 is 1.33 bits per heavy atom. The van der Waals surface area contributed by atoms with Gasteiger partial charge in [0.05, 0.1) is 12.5 Å². The number of hydrogen-bond donors (Lipinski definition) is 3. The van der Waals surface area contributed by atoms with E-state index in [2.05, 4.69) is 56.3 Å². The Hall–Kier alpha value is -2.58. The first-order chi connectivity index (χ1) is 13.2. The van der Waals surface area contributed by atoms with Crippen LogP contribution in [0, 0.1) is 11.8 Å². The molecule has 0 saturated carbocycles. The third kappa shape index (κ3) is 3.91. The molecule has 2 aliphatic rings. The highest BCUT2D eigenvalue weighted by Gasteiger charge is 2.40. The lowest BCUT2D eigenvalue weighted by Crippen LogP contribution is -2.32. The third-order valence-corrected chi connectivity index (χ3v) is 5.47. The molecule has 4 rings (SSSR count). The first-order valence-corrected chi connectivity index (χ1v) is 9.25. The fourth-order valence-corrected chi connectivity index (χ4v) is 4.05. The second kappa shape index (κ2) is 7.98. The van der Waals surface area contributed by atoms with Gasteiger partial charge in [0.2, 0.25) is 0 Å². The van der Waals surface area contributed by atoms with Crippen molar-refractivity contribution in [3.63, 3.8) is 0 Å². The Morgan fingerprint density at radius 3 is 2.78 bits per heavy atom. The minimum atomic E-state index is -0.834.